The van der Waals surface area contributed by atoms with Gasteiger partial charge in [0.25, 0.3) is 0 Å². The van der Waals surface area contributed by atoms with E-state index < -0.39 is 0 Å². The van der Waals surface area contributed by atoms with Gasteiger partial charge in [-0.1, -0.05) is 19.9 Å². The monoisotopic (exact) mass is 169 g/mol. The molecule has 1 unspecified atom stereocenters. The second kappa shape index (κ2) is 6.92. The average Bonchev–Trinajstić information content (AvgIpc) is 2.08. The first-order valence-corrected chi connectivity index (χ1v) is 4.54. The highest BCUT2D eigenvalue weighted by Gasteiger charge is 2.04. The minimum absolute atomic E-state index is 0.0602. The Morgan fingerprint density at radius 1 is 1.25 bits per heavy atom. The maximum atomic E-state index is 5.44. The molecule has 0 aliphatic carbocycles. The molecule has 12 heavy (non-hydrogen) atoms. The predicted octanol–water partition coefficient (Wildman–Crippen LogP) is 2.44. The lowest BCUT2D eigenvalue weighted by Gasteiger charge is -2.18. The number of hydrogen-bond acceptors (Lipinski definition) is 2. The minimum atomic E-state index is 0.0602. The zero-order valence-electron chi connectivity index (χ0n) is 8.37. The second-order valence-electron chi connectivity index (χ2n) is 2.52. The van der Waals surface area contributed by atoms with Crippen LogP contribution in [-0.4, -0.2) is 12.3 Å². The van der Waals surface area contributed by atoms with Crippen molar-refractivity contribution >= 4 is 0 Å². The first-order valence-electron chi connectivity index (χ1n) is 4.54. The summed E-state index contributed by atoms with van der Waals surface area (Å²) >= 11 is 0. The van der Waals surface area contributed by atoms with Crippen LogP contribution in [0.15, 0.2) is 24.4 Å². The van der Waals surface area contributed by atoms with Gasteiger partial charge in [-0.25, -0.2) is 0 Å². The van der Waals surface area contributed by atoms with Crippen molar-refractivity contribution in [3.05, 3.63) is 24.4 Å². The van der Waals surface area contributed by atoms with Gasteiger partial charge in [-0.05, 0) is 32.2 Å². The number of rotatable bonds is 2. The lowest BCUT2D eigenvalue weighted by molar-refractivity contribution is 0.0237. The maximum Gasteiger partial charge on any atom is 0.147 e. The lowest BCUT2D eigenvalue weighted by atomic mass is 10.3. The van der Waals surface area contributed by atoms with Gasteiger partial charge in [-0.2, -0.15) is 0 Å². The molecule has 0 aromatic rings. The fourth-order valence-electron chi connectivity index (χ4n) is 0.804. The van der Waals surface area contributed by atoms with Gasteiger partial charge in [0.15, 0.2) is 0 Å². The normalized spacial score (nSPS) is 19.9. The summed E-state index contributed by atoms with van der Waals surface area (Å²) in [6.07, 6.45) is 8.12. The standard InChI is InChI=1S/C8H13NO.C2H6/c1-7(2)10-8-5-3-4-6-9-8;1-2/h3-9H,1-2H3;1-2H3. The summed E-state index contributed by atoms with van der Waals surface area (Å²) < 4.78 is 5.44. The molecule has 2 nitrogen and oxygen atoms in total. The number of dihydropyridines is 1. The van der Waals surface area contributed by atoms with Crippen LogP contribution in [-0.2, 0) is 4.74 Å². The van der Waals surface area contributed by atoms with E-state index in [2.05, 4.69) is 5.32 Å². The first-order chi connectivity index (χ1) is 5.79. The van der Waals surface area contributed by atoms with E-state index in [9.17, 15) is 0 Å². The topological polar surface area (TPSA) is 21.3 Å². The predicted molar refractivity (Wildman–Crippen MR) is 52.8 cm³/mol. The van der Waals surface area contributed by atoms with Crippen LogP contribution in [0.2, 0.25) is 0 Å². The summed E-state index contributed by atoms with van der Waals surface area (Å²) in [7, 11) is 0. The van der Waals surface area contributed by atoms with Gasteiger partial charge in [-0.3, -0.25) is 0 Å². The van der Waals surface area contributed by atoms with Crippen LogP contribution in [0.25, 0.3) is 0 Å². The molecule has 0 saturated heterocycles. The molecule has 2 heteroatoms. The smallest absolute Gasteiger partial charge is 0.147 e. The van der Waals surface area contributed by atoms with E-state index in [1.807, 2.05) is 52.1 Å². The van der Waals surface area contributed by atoms with Crippen LogP contribution in [0.5, 0.6) is 0 Å². The van der Waals surface area contributed by atoms with Crippen molar-refractivity contribution in [2.24, 2.45) is 0 Å². The zero-order chi connectivity index (χ0) is 9.40. The molecule has 0 bridgehead atoms. The van der Waals surface area contributed by atoms with E-state index in [1.165, 1.54) is 0 Å². The molecule has 0 amide bonds. The third-order valence-corrected chi connectivity index (χ3v) is 1.17. The molecule has 0 aromatic carbocycles. The molecule has 0 spiro atoms. The highest BCUT2D eigenvalue weighted by atomic mass is 16.5. The van der Waals surface area contributed by atoms with Crippen molar-refractivity contribution in [2.45, 2.75) is 40.0 Å². The van der Waals surface area contributed by atoms with Gasteiger partial charge in [-0.15, -0.1) is 0 Å². The molecule has 1 atom stereocenters. The van der Waals surface area contributed by atoms with Gasteiger partial charge < -0.3 is 10.1 Å². The Morgan fingerprint density at radius 2 is 1.92 bits per heavy atom. The van der Waals surface area contributed by atoms with Gasteiger partial charge >= 0.3 is 0 Å². The summed E-state index contributed by atoms with van der Waals surface area (Å²) in [6, 6.07) is 0. The van der Waals surface area contributed by atoms with Crippen molar-refractivity contribution < 1.29 is 4.74 Å². The first kappa shape index (κ1) is 11.2. The lowest BCUT2D eigenvalue weighted by Crippen LogP contribution is -2.29. The SMILES string of the molecule is CC.CC(C)OC1C=CC=CN1. The highest BCUT2D eigenvalue weighted by molar-refractivity contribution is 5.09. The molecule has 0 radical (unpaired) electrons. The Labute approximate surface area is 75.3 Å². The molecule has 1 heterocycles. The molecule has 0 fully saturated rings. The van der Waals surface area contributed by atoms with Crippen LogP contribution in [0.1, 0.15) is 27.7 Å². The van der Waals surface area contributed by atoms with E-state index in [-0.39, 0.29) is 12.3 Å². The molecule has 1 N–H and O–H groups in total. The van der Waals surface area contributed by atoms with Crippen LogP contribution in [0, 0.1) is 0 Å². The van der Waals surface area contributed by atoms with Crippen LogP contribution < -0.4 is 5.32 Å². The fourth-order valence-corrected chi connectivity index (χ4v) is 0.804. The highest BCUT2D eigenvalue weighted by Crippen LogP contribution is 1.99. The molecule has 1 aliphatic heterocycles. The summed E-state index contributed by atoms with van der Waals surface area (Å²) in [5.41, 5.74) is 0. The van der Waals surface area contributed by atoms with Gasteiger partial charge in [0, 0.05) is 0 Å². The summed E-state index contributed by atoms with van der Waals surface area (Å²) in [6.45, 7) is 8.04. The molecule has 1 aliphatic rings. The van der Waals surface area contributed by atoms with E-state index in [0.29, 0.717) is 0 Å². The number of ether oxygens (including phenoxy) is 1. The summed E-state index contributed by atoms with van der Waals surface area (Å²) in [5.74, 6) is 0. The zero-order valence-corrected chi connectivity index (χ0v) is 8.37. The summed E-state index contributed by atoms with van der Waals surface area (Å²) in [5, 5.41) is 3.06. The number of allylic oxidation sites excluding steroid dienone is 2. The Balaban J connectivity index is 0.000000561. The van der Waals surface area contributed by atoms with Gasteiger partial charge in [0.05, 0.1) is 6.10 Å². The van der Waals surface area contributed by atoms with Crippen LogP contribution >= 0.6 is 0 Å². The van der Waals surface area contributed by atoms with Gasteiger partial charge in [0.1, 0.15) is 6.23 Å². The van der Waals surface area contributed by atoms with E-state index in [1.54, 1.807) is 0 Å². The minimum Gasteiger partial charge on any atom is -0.363 e. The van der Waals surface area contributed by atoms with Crippen molar-refractivity contribution in [1.29, 1.82) is 0 Å². The number of hydrogen-bond donors (Lipinski definition) is 1. The Morgan fingerprint density at radius 3 is 2.33 bits per heavy atom. The molecular weight excluding hydrogens is 150 g/mol. The van der Waals surface area contributed by atoms with Crippen LogP contribution in [0.4, 0.5) is 0 Å². The largest absolute Gasteiger partial charge is 0.363 e. The average molecular weight is 169 g/mol. The molecule has 0 saturated carbocycles. The fraction of sp³-hybridized carbons (Fsp3) is 0.600. The van der Waals surface area contributed by atoms with Crippen molar-refractivity contribution in [3.63, 3.8) is 0 Å². The Bertz CT molecular complexity index is 150. The van der Waals surface area contributed by atoms with Crippen LogP contribution in [0.3, 0.4) is 0 Å². The third kappa shape index (κ3) is 4.97. The second-order valence-corrected chi connectivity index (χ2v) is 2.52. The quantitative estimate of drug-likeness (QED) is 0.685. The number of nitrogens with one attached hydrogen (secondary N) is 1. The van der Waals surface area contributed by atoms with E-state index in [0.717, 1.165) is 0 Å². The summed E-state index contributed by atoms with van der Waals surface area (Å²) in [4.78, 5) is 0. The van der Waals surface area contributed by atoms with Gasteiger partial charge in [0.2, 0.25) is 0 Å². The van der Waals surface area contributed by atoms with E-state index >= 15 is 0 Å². The molecular formula is C10H19NO. The van der Waals surface area contributed by atoms with E-state index in [4.69, 9.17) is 4.74 Å². The molecule has 0 aromatic heterocycles. The van der Waals surface area contributed by atoms with Crippen molar-refractivity contribution in [1.82, 2.24) is 5.32 Å². The Kier molecular flexibility index (Phi) is 6.48. The van der Waals surface area contributed by atoms with Crippen molar-refractivity contribution in [2.75, 3.05) is 0 Å². The maximum absolute atomic E-state index is 5.44. The Hall–Kier alpha value is -0.760. The van der Waals surface area contributed by atoms with Crippen molar-refractivity contribution in [3.8, 4) is 0 Å². The molecule has 70 valence electrons. The molecule has 1 rings (SSSR count). The third-order valence-electron chi connectivity index (χ3n) is 1.17.